The summed E-state index contributed by atoms with van der Waals surface area (Å²) in [5.74, 6) is 0.627. The van der Waals surface area contributed by atoms with E-state index in [2.05, 4.69) is 24.1 Å². The van der Waals surface area contributed by atoms with Gasteiger partial charge < -0.3 is 11.1 Å². The molecule has 0 aromatic carbocycles. The Morgan fingerprint density at radius 3 is 2.39 bits per heavy atom. The van der Waals surface area contributed by atoms with E-state index in [1.165, 1.54) is 11.6 Å². The molecular formula is C12H22N4O2. The number of anilines is 2. The van der Waals surface area contributed by atoms with Gasteiger partial charge in [0.1, 0.15) is 11.5 Å². The van der Waals surface area contributed by atoms with Crippen LogP contribution in [0.2, 0.25) is 0 Å². The van der Waals surface area contributed by atoms with Crippen molar-refractivity contribution in [1.29, 1.82) is 0 Å². The highest BCUT2D eigenvalue weighted by molar-refractivity contribution is 5.60. The number of nitrogens with two attached hydrogens (primary N) is 1. The molecule has 1 aromatic heterocycles. The molecule has 0 fully saturated rings. The number of aromatic amines is 1. The molecule has 1 rings (SSSR count). The fourth-order valence-corrected chi connectivity index (χ4v) is 2.12. The van der Waals surface area contributed by atoms with Crippen molar-refractivity contribution in [2.45, 2.75) is 39.7 Å². The van der Waals surface area contributed by atoms with E-state index in [1.807, 2.05) is 6.92 Å². The average Bonchev–Trinajstić information content (AvgIpc) is 2.33. The van der Waals surface area contributed by atoms with Crippen molar-refractivity contribution in [1.82, 2.24) is 9.55 Å². The van der Waals surface area contributed by atoms with Gasteiger partial charge in [0, 0.05) is 13.1 Å². The van der Waals surface area contributed by atoms with Crippen LogP contribution in [0.3, 0.4) is 0 Å². The SMILES string of the molecule is CCC(CC)C(C)Nc1c(N)n(C)c(=O)[nH]c1=O. The molecule has 0 aliphatic heterocycles. The molecule has 1 atom stereocenters. The van der Waals surface area contributed by atoms with Crippen LogP contribution in [0, 0.1) is 5.92 Å². The highest BCUT2D eigenvalue weighted by atomic mass is 16.2. The smallest absolute Gasteiger partial charge is 0.329 e. The maximum atomic E-state index is 11.7. The van der Waals surface area contributed by atoms with Crippen molar-refractivity contribution >= 4 is 11.5 Å². The van der Waals surface area contributed by atoms with Crippen LogP contribution in [0.4, 0.5) is 11.5 Å². The molecule has 1 heterocycles. The van der Waals surface area contributed by atoms with Gasteiger partial charge in [0.05, 0.1) is 0 Å². The second-order valence-electron chi connectivity index (χ2n) is 4.59. The maximum Gasteiger partial charge on any atom is 0.329 e. The van der Waals surface area contributed by atoms with E-state index in [-0.39, 0.29) is 17.5 Å². The van der Waals surface area contributed by atoms with Crippen LogP contribution in [0.5, 0.6) is 0 Å². The zero-order valence-electron chi connectivity index (χ0n) is 11.4. The highest BCUT2D eigenvalue weighted by Crippen LogP contribution is 2.18. The lowest BCUT2D eigenvalue weighted by Crippen LogP contribution is -2.35. The fourth-order valence-electron chi connectivity index (χ4n) is 2.12. The van der Waals surface area contributed by atoms with Crippen LogP contribution < -0.4 is 22.3 Å². The third kappa shape index (κ3) is 2.75. The third-order valence-corrected chi connectivity index (χ3v) is 3.50. The molecule has 1 aromatic rings. The quantitative estimate of drug-likeness (QED) is 0.727. The van der Waals surface area contributed by atoms with E-state index in [1.54, 1.807) is 0 Å². The topological polar surface area (TPSA) is 92.9 Å². The molecule has 0 spiro atoms. The van der Waals surface area contributed by atoms with Crippen LogP contribution in [-0.2, 0) is 7.05 Å². The molecule has 0 aliphatic carbocycles. The van der Waals surface area contributed by atoms with Gasteiger partial charge in [0.15, 0.2) is 0 Å². The average molecular weight is 254 g/mol. The van der Waals surface area contributed by atoms with Crippen molar-refractivity contribution in [3.8, 4) is 0 Å². The van der Waals surface area contributed by atoms with E-state index in [9.17, 15) is 9.59 Å². The number of hydrogen-bond acceptors (Lipinski definition) is 4. The summed E-state index contributed by atoms with van der Waals surface area (Å²) in [4.78, 5) is 25.3. The Morgan fingerprint density at radius 2 is 1.89 bits per heavy atom. The predicted molar refractivity (Wildman–Crippen MR) is 73.9 cm³/mol. The van der Waals surface area contributed by atoms with Crippen LogP contribution in [0.25, 0.3) is 0 Å². The summed E-state index contributed by atoms with van der Waals surface area (Å²) >= 11 is 0. The number of rotatable bonds is 5. The van der Waals surface area contributed by atoms with Gasteiger partial charge in [-0.15, -0.1) is 0 Å². The van der Waals surface area contributed by atoms with Crippen LogP contribution in [-0.4, -0.2) is 15.6 Å². The summed E-state index contributed by atoms with van der Waals surface area (Å²) in [6.45, 7) is 6.24. The van der Waals surface area contributed by atoms with Crippen molar-refractivity contribution in [3.63, 3.8) is 0 Å². The molecule has 6 heteroatoms. The lowest BCUT2D eigenvalue weighted by atomic mass is 9.95. The summed E-state index contributed by atoms with van der Waals surface area (Å²) in [5, 5.41) is 3.12. The molecule has 6 nitrogen and oxygen atoms in total. The van der Waals surface area contributed by atoms with Gasteiger partial charge in [-0.3, -0.25) is 14.3 Å². The molecule has 0 saturated heterocycles. The third-order valence-electron chi connectivity index (χ3n) is 3.50. The molecule has 102 valence electrons. The Morgan fingerprint density at radius 1 is 1.33 bits per heavy atom. The molecular weight excluding hydrogens is 232 g/mol. The van der Waals surface area contributed by atoms with Crippen molar-refractivity contribution in [2.24, 2.45) is 13.0 Å². The first kappa shape index (κ1) is 14.3. The van der Waals surface area contributed by atoms with Gasteiger partial charge in [0.2, 0.25) is 0 Å². The number of nitrogen functional groups attached to an aromatic ring is 1. The largest absolute Gasteiger partial charge is 0.383 e. The Kier molecular flexibility index (Phi) is 4.58. The summed E-state index contributed by atoms with van der Waals surface area (Å²) < 4.78 is 1.23. The van der Waals surface area contributed by atoms with E-state index in [0.29, 0.717) is 5.92 Å². The lowest BCUT2D eigenvalue weighted by Gasteiger charge is -2.24. The molecule has 4 N–H and O–H groups in total. The van der Waals surface area contributed by atoms with E-state index in [4.69, 9.17) is 5.73 Å². The number of aromatic nitrogens is 2. The monoisotopic (exact) mass is 254 g/mol. The predicted octanol–water partition coefficient (Wildman–Crippen LogP) is 0.892. The van der Waals surface area contributed by atoms with Crippen LogP contribution >= 0.6 is 0 Å². The summed E-state index contributed by atoms with van der Waals surface area (Å²) in [7, 11) is 1.53. The Bertz CT molecular complexity index is 514. The number of nitrogens with zero attached hydrogens (tertiary/aromatic N) is 1. The number of hydrogen-bond donors (Lipinski definition) is 3. The molecule has 0 amide bonds. The normalized spacial score (nSPS) is 12.7. The van der Waals surface area contributed by atoms with Gasteiger partial charge in [0.25, 0.3) is 5.56 Å². The standard InChI is InChI=1S/C12H22N4O2/c1-5-8(6-2)7(3)14-9-10(13)16(4)12(18)15-11(9)17/h7-8,14H,5-6,13H2,1-4H3,(H,15,17,18). The zero-order chi connectivity index (χ0) is 13.9. The summed E-state index contributed by atoms with van der Waals surface area (Å²) in [5.41, 5.74) is 5.10. The first-order valence-corrected chi connectivity index (χ1v) is 6.27. The minimum atomic E-state index is -0.502. The fraction of sp³-hybridized carbons (Fsp3) is 0.667. The lowest BCUT2D eigenvalue weighted by molar-refractivity contribution is 0.437. The molecule has 0 radical (unpaired) electrons. The van der Waals surface area contributed by atoms with Gasteiger partial charge in [-0.25, -0.2) is 4.79 Å². The molecule has 1 unspecified atom stereocenters. The molecule has 0 bridgehead atoms. The van der Waals surface area contributed by atoms with Crippen molar-refractivity contribution < 1.29 is 0 Å². The Labute approximate surface area is 106 Å². The zero-order valence-corrected chi connectivity index (χ0v) is 11.4. The van der Waals surface area contributed by atoms with Crippen LogP contribution in [0.15, 0.2) is 9.59 Å². The minimum absolute atomic E-state index is 0.126. The van der Waals surface area contributed by atoms with E-state index >= 15 is 0 Å². The maximum absolute atomic E-state index is 11.7. The minimum Gasteiger partial charge on any atom is -0.383 e. The first-order chi connectivity index (χ1) is 8.42. The number of H-pyrrole nitrogens is 1. The first-order valence-electron chi connectivity index (χ1n) is 6.27. The van der Waals surface area contributed by atoms with Crippen molar-refractivity contribution in [2.75, 3.05) is 11.1 Å². The van der Waals surface area contributed by atoms with E-state index < -0.39 is 11.2 Å². The Hall–Kier alpha value is -1.72. The summed E-state index contributed by atoms with van der Waals surface area (Å²) in [6.07, 6.45) is 2.04. The van der Waals surface area contributed by atoms with Gasteiger partial charge >= 0.3 is 5.69 Å². The molecule has 0 saturated carbocycles. The van der Waals surface area contributed by atoms with Gasteiger partial charge in [-0.1, -0.05) is 26.7 Å². The van der Waals surface area contributed by atoms with E-state index in [0.717, 1.165) is 12.8 Å². The molecule has 18 heavy (non-hydrogen) atoms. The van der Waals surface area contributed by atoms with Gasteiger partial charge in [-0.05, 0) is 12.8 Å². The van der Waals surface area contributed by atoms with Crippen LogP contribution in [0.1, 0.15) is 33.6 Å². The Balaban J connectivity index is 3.09. The van der Waals surface area contributed by atoms with Crippen molar-refractivity contribution in [3.05, 3.63) is 20.8 Å². The second kappa shape index (κ2) is 5.75. The second-order valence-corrected chi connectivity index (χ2v) is 4.59. The van der Waals surface area contributed by atoms with Gasteiger partial charge in [-0.2, -0.15) is 0 Å². The molecule has 0 aliphatic rings. The summed E-state index contributed by atoms with van der Waals surface area (Å²) in [6, 6.07) is 0.126. The highest BCUT2D eigenvalue weighted by Gasteiger charge is 2.17. The number of nitrogens with one attached hydrogen (secondary N) is 2.